The highest BCUT2D eigenvalue weighted by molar-refractivity contribution is 5.81. The molecule has 0 aliphatic heterocycles. The fourth-order valence-electron chi connectivity index (χ4n) is 3.14. The van der Waals surface area contributed by atoms with Crippen molar-refractivity contribution in [3.63, 3.8) is 0 Å². The lowest BCUT2D eigenvalue weighted by molar-refractivity contribution is 0.954. The van der Waals surface area contributed by atoms with Gasteiger partial charge >= 0.3 is 0 Å². The van der Waals surface area contributed by atoms with E-state index in [1.54, 1.807) is 6.07 Å². The lowest BCUT2D eigenvalue weighted by Crippen LogP contribution is -2.07. The number of hydrogen-bond donors (Lipinski definition) is 3. The van der Waals surface area contributed by atoms with E-state index < -0.39 is 0 Å². The summed E-state index contributed by atoms with van der Waals surface area (Å²) in [7, 11) is 0. The third-order valence-electron chi connectivity index (χ3n) is 4.47. The molecule has 4 N–H and O–H groups in total. The first-order chi connectivity index (χ1) is 12.7. The standard InChI is InChI=1S/C18H18N8/c1-10-20-15(19)9-17(21-10)26-14-5-3-2-4-12(14)22-18(26)23-16-8-13(24-25-16)11-6-7-11/h2-5,8-9,11H,6-7H2,1H3,(H2,19,20,21)(H2,22,23,24,25). The van der Waals surface area contributed by atoms with Gasteiger partial charge in [0.1, 0.15) is 23.3 Å². The van der Waals surface area contributed by atoms with Gasteiger partial charge in [-0.25, -0.2) is 15.0 Å². The molecule has 1 aliphatic carbocycles. The van der Waals surface area contributed by atoms with Crippen molar-refractivity contribution < 1.29 is 0 Å². The van der Waals surface area contributed by atoms with Crippen LogP contribution in [0, 0.1) is 6.92 Å². The molecule has 1 saturated carbocycles. The average molecular weight is 346 g/mol. The molecule has 0 bridgehead atoms. The van der Waals surface area contributed by atoms with Crippen LogP contribution in [0.2, 0.25) is 0 Å². The molecule has 0 atom stereocenters. The van der Waals surface area contributed by atoms with Crippen molar-refractivity contribution in [3.05, 3.63) is 47.9 Å². The monoisotopic (exact) mass is 346 g/mol. The molecule has 8 heteroatoms. The van der Waals surface area contributed by atoms with Crippen LogP contribution in [-0.2, 0) is 0 Å². The highest BCUT2D eigenvalue weighted by Gasteiger charge is 2.26. The zero-order chi connectivity index (χ0) is 17.7. The summed E-state index contributed by atoms with van der Waals surface area (Å²) in [5.41, 5.74) is 8.84. The molecule has 3 aromatic heterocycles. The first-order valence-corrected chi connectivity index (χ1v) is 8.59. The van der Waals surface area contributed by atoms with Crippen LogP contribution in [0.5, 0.6) is 0 Å². The number of aromatic nitrogens is 6. The molecule has 26 heavy (non-hydrogen) atoms. The lowest BCUT2D eigenvalue weighted by Gasteiger charge is -2.10. The molecule has 0 radical (unpaired) electrons. The molecule has 0 amide bonds. The van der Waals surface area contributed by atoms with Gasteiger partial charge in [0.2, 0.25) is 5.95 Å². The van der Waals surface area contributed by atoms with Gasteiger partial charge < -0.3 is 11.1 Å². The zero-order valence-corrected chi connectivity index (χ0v) is 14.3. The van der Waals surface area contributed by atoms with E-state index in [1.807, 2.05) is 41.8 Å². The molecule has 3 heterocycles. The fourth-order valence-corrected chi connectivity index (χ4v) is 3.14. The number of anilines is 3. The van der Waals surface area contributed by atoms with E-state index >= 15 is 0 Å². The molecular weight excluding hydrogens is 328 g/mol. The molecule has 1 aromatic carbocycles. The maximum absolute atomic E-state index is 5.93. The molecule has 8 nitrogen and oxygen atoms in total. The van der Waals surface area contributed by atoms with E-state index in [1.165, 1.54) is 12.8 Å². The van der Waals surface area contributed by atoms with E-state index in [2.05, 4.69) is 25.5 Å². The number of hydrogen-bond acceptors (Lipinski definition) is 6. The molecule has 0 spiro atoms. The minimum absolute atomic E-state index is 0.425. The maximum Gasteiger partial charge on any atom is 0.215 e. The number of fused-ring (bicyclic) bond motifs is 1. The van der Waals surface area contributed by atoms with Gasteiger partial charge in [-0.15, -0.1) is 0 Å². The number of para-hydroxylation sites is 2. The van der Waals surface area contributed by atoms with E-state index in [0.29, 0.717) is 29.3 Å². The van der Waals surface area contributed by atoms with E-state index in [4.69, 9.17) is 10.7 Å². The Labute approximate surface area is 149 Å². The predicted octanol–water partition coefficient (Wildman–Crippen LogP) is 3.05. The number of benzene rings is 1. The second kappa shape index (κ2) is 5.55. The molecule has 0 saturated heterocycles. The summed E-state index contributed by atoms with van der Waals surface area (Å²) in [5, 5.41) is 10.8. The summed E-state index contributed by atoms with van der Waals surface area (Å²) in [5.74, 6) is 3.75. The predicted molar refractivity (Wildman–Crippen MR) is 99.7 cm³/mol. The molecule has 1 fully saturated rings. The lowest BCUT2D eigenvalue weighted by atomic mass is 10.3. The van der Waals surface area contributed by atoms with Crippen molar-refractivity contribution in [2.75, 3.05) is 11.1 Å². The van der Waals surface area contributed by atoms with Crippen molar-refractivity contribution in [3.8, 4) is 5.82 Å². The van der Waals surface area contributed by atoms with Crippen LogP contribution in [0.4, 0.5) is 17.6 Å². The van der Waals surface area contributed by atoms with Crippen molar-refractivity contribution in [2.45, 2.75) is 25.7 Å². The van der Waals surface area contributed by atoms with Crippen LogP contribution in [0.15, 0.2) is 36.4 Å². The zero-order valence-electron chi connectivity index (χ0n) is 14.3. The molecule has 4 aromatic rings. The topological polar surface area (TPSA) is 110 Å². The largest absolute Gasteiger partial charge is 0.384 e. The summed E-state index contributed by atoms with van der Waals surface area (Å²) in [6.07, 6.45) is 2.42. The first kappa shape index (κ1) is 14.9. The van der Waals surface area contributed by atoms with Gasteiger partial charge in [-0.05, 0) is 31.9 Å². The number of nitrogens with two attached hydrogens (primary N) is 1. The smallest absolute Gasteiger partial charge is 0.215 e. The Bertz CT molecular complexity index is 1090. The van der Waals surface area contributed by atoms with E-state index in [-0.39, 0.29) is 0 Å². The summed E-state index contributed by atoms with van der Waals surface area (Å²) in [4.78, 5) is 13.4. The molecule has 5 rings (SSSR count). The normalized spacial score (nSPS) is 14.0. The number of nitrogen functional groups attached to an aromatic ring is 1. The molecular formula is C18H18N8. The van der Waals surface area contributed by atoms with E-state index in [9.17, 15) is 0 Å². The Morgan fingerprint density at radius 3 is 2.81 bits per heavy atom. The number of nitrogens with zero attached hydrogens (tertiary/aromatic N) is 5. The van der Waals surface area contributed by atoms with Gasteiger partial charge in [-0.2, -0.15) is 5.10 Å². The highest BCUT2D eigenvalue weighted by Crippen LogP contribution is 2.39. The van der Waals surface area contributed by atoms with Crippen molar-refractivity contribution in [2.24, 2.45) is 0 Å². The van der Waals surface area contributed by atoms with Gasteiger partial charge in [0.15, 0.2) is 0 Å². The van der Waals surface area contributed by atoms with Crippen molar-refractivity contribution >= 4 is 28.6 Å². The van der Waals surface area contributed by atoms with Crippen LogP contribution in [0.25, 0.3) is 16.9 Å². The Balaban J connectivity index is 1.63. The van der Waals surface area contributed by atoms with Gasteiger partial charge in [0, 0.05) is 18.1 Å². The SMILES string of the molecule is Cc1nc(N)cc(-n2c(Nc3cc(C4CC4)n[nH]3)nc3ccccc32)n1. The fraction of sp³-hybridized carbons (Fsp3) is 0.222. The molecule has 1 aliphatic rings. The number of nitrogens with one attached hydrogen (secondary N) is 2. The Kier molecular flexibility index (Phi) is 3.18. The van der Waals surface area contributed by atoms with Gasteiger partial charge in [0.25, 0.3) is 0 Å². The summed E-state index contributed by atoms with van der Waals surface area (Å²) >= 11 is 0. The minimum Gasteiger partial charge on any atom is -0.384 e. The third-order valence-corrected chi connectivity index (χ3v) is 4.47. The number of imidazole rings is 1. The van der Waals surface area contributed by atoms with E-state index in [0.717, 1.165) is 22.5 Å². The number of rotatable bonds is 4. The van der Waals surface area contributed by atoms with Gasteiger partial charge in [-0.1, -0.05) is 12.1 Å². The van der Waals surface area contributed by atoms with Crippen LogP contribution >= 0.6 is 0 Å². The average Bonchev–Trinajstić information content (AvgIpc) is 3.24. The summed E-state index contributed by atoms with van der Waals surface area (Å²) < 4.78 is 1.94. The second-order valence-corrected chi connectivity index (χ2v) is 6.56. The molecule has 0 unspecified atom stereocenters. The van der Waals surface area contributed by atoms with Crippen LogP contribution in [0.1, 0.15) is 30.3 Å². The Hall–Kier alpha value is -3.42. The minimum atomic E-state index is 0.425. The molecule has 130 valence electrons. The number of H-pyrrole nitrogens is 1. The van der Waals surface area contributed by atoms with Crippen LogP contribution in [0.3, 0.4) is 0 Å². The second-order valence-electron chi connectivity index (χ2n) is 6.56. The van der Waals surface area contributed by atoms with Crippen molar-refractivity contribution in [1.82, 2.24) is 29.7 Å². The van der Waals surface area contributed by atoms with Crippen molar-refractivity contribution in [1.29, 1.82) is 0 Å². The number of aryl methyl sites for hydroxylation is 1. The Morgan fingerprint density at radius 1 is 1.15 bits per heavy atom. The summed E-state index contributed by atoms with van der Waals surface area (Å²) in [6.45, 7) is 1.82. The quantitative estimate of drug-likeness (QED) is 0.524. The maximum atomic E-state index is 5.93. The van der Waals surface area contributed by atoms with Crippen LogP contribution in [-0.4, -0.2) is 29.7 Å². The Morgan fingerprint density at radius 2 is 2.00 bits per heavy atom. The van der Waals surface area contributed by atoms with Gasteiger partial charge in [0.05, 0.1) is 16.7 Å². The number of aromatic amines is 1. The third kappa shape index (κ3) is 2.55. The highest BCUT2D eigenvalue weighted by atomic mass is 15.3. The van der Waals surface area contributed by atoms with Crippen LogP contribution < -0.4 is 11.1 Å². The first-order valence-electron chi connectivity index (χ1n) is 8.59. The summed E-state index contributed by atoms with van der Waals surface area (Å²) in [6, 6.07) is 11.7. The van der Waals surface area contributed by atoms with Gasteiger partial charge in [-0.3, -0.25) is 9.67 Å².